The first-order chi connectivity index (χ1) is 9.20. The van der Waals surface area contributed by atoms with Crippen LogP contribution in [0.5, 0.6) is 5.75 Å². The molecule has 1 atom stereocenters. The third-order valence-corrected chi connectivity index (χ3v) is 3.58. The molecule has 104 valence electrons. The normalized spacial score (nSPS) is 19.3. The molecule has 0 bridgehead atoms. The summed E-state index contributed by atoms with van der Waals surface area (Å²) in [6.07, 6.45) is 1.34. The van der Waals surface area contributed by atoms with Gasteiger partial charge >= 0.3 is 0 Å². The number of hydrogen-bond acceptors (Lipinski definition) is 3. The number of piperazine rings is 1. The summed E-state index contributed by atoms with van der Waals surface area (Å²) in [7, 11) is 1.66. The molecule has 1 fully saturated rings. The lowest BCUT2D eigenvalue weighted by molar-refractivity contribution is -0.133. The summed E-state index contributed by atoms with van der Waals surface area (Å²) < 4.78 is 5.19. The fraction of sp³-hybridized carbons (Fsp3) is 0.533. The van der Waals surface area contributed by atoms with E-state index >= 15 is 0 Å². The van der Waals surface area contributed by atoms with Crippen molar-refractivity contribution in [2.24, 2.45) is 0 Å². The lowest BCUT2D eigenvalue weighted by Crippen LogP contribution is -2.52. The third-order valence-electron chi connectivity index (χ3n) is 3.58. The van der Waals surface area contributed by atoms with Gasteiger partial charge in [0.05, 0.1) is 7.11 Å². The lowest BCUT2D eigenvalue weighted by Gasteiger charge is -2.34. The molecule has 0 saturated carbocycles. The first-order valence-corrected chi connectivity index (χ1v) is 6.84. The number of carbonyl (C=O) groups is 1. The molecule has 0 radical (unpaired) electrons. The largest absolute Gasteiger partial charge is 0.497 e. The number of ether oxygens (including phenoxy) is 1. The molecule has 1 amide bonds. The number of benzene rings is 1. The molecular weight excluding hydrogens is 240 g/mol. The summed E-state index contributed by atoms with van der Waals surface area (Å²) in [6, 6.07) is 8.22. The van der Waals surface area contributed by atoms with Gasteiger partial charge in [0.2, 0.25) is 5.91 Å². The van der Waals surface area contributed by atoms with Crippen molar-refractivity contribution in [3.63, 3.8) is 0 Å². The quantitative estimate of drug-likeness (QED) is 0.893. The second-order valence-corrected chi connectivity index (χ2v) is 4.99. The van der Waals surface area contributed by atoms with E-state index < -0.39 is 0 Å². The van der Waals surface area contributed by atoms with E-state index in [1.807, 2.05) is 29.2 Å². The van der Waals surface area contributed by atoms with E-state index in [0.717, 1.165) is 37.4 Å². The van der Waals surface area contributed by atoms with Crippen LogP contribution in [0.3, 0.4) is 0 Å². The van der Waals surface area contributed by atoms with E-state index in [1.54, 1.807) is 7.11 Å². The molecule has 4 heteroatoms. The van der Waals surface area contributed by atoms with Crippen molar-refractivity contribution in [1.82, 2.24) is 10.2 Å². The summed E-state index contributed by atoms with van der Waals surface area (Å²) in [5.74, 6) is 1.09. The predicted molar refractivity (Wildman–Crippen MR) is 75.4 cm³/mol. The Morgan fingerprint density at radius 2 is 2.37 bits per heavy atom. The Bertz CT molecular complexity index is 434. The summed E-state index contributed by atoms with van der Waals surface area (Å²) in [4.78, 5) is 14.2. The van der Waals surface area contributed by atoms with E-state index in [2.05, 4.69) is 12.2 Å². The van der Waals surface area contributed by atoms with Crippen LogP contribution in [0.25, 0.3) is 0 Å². The van der Waals surface area contributed by atoms with Gasteiger partial charge in [-0.15, -0.1) is 0 Å². The number of carbonyl (C=O) groups excluding carboxylic acids is 1. The van der Waals surface area contributed by atoms with Crippen LogP contribution in [0.2, 0.25) is 0 Å². The Balaban J connectivity index is 1.88. The predicted octanol–water partition coefficient (Wildman–Crippen LogP) is 1.45. The minimum atomic E-state index is 0.247. The first kappa shape index (κ1) is 13.9. The average molecular weight is 262 g/mol. The molecule has 1 aromatic carbocycles. The average Bonchev–Trinajstić information content (AvgIpc) is 2.45. The van der Waals surface area contributed by atoms with Gasteiger partial charge in [0.25, 0.3) is 0 Å². The van der Waals surface area contributed by atoms with Crippen molar-refractivity contribution in [3.8, 4) is 5.75 Å². The van der Waals surface area contributed by atoms with Crippen molar-refractivity contribution in [3.05, 3.63) is 29.8 Å². The second-order valence-electron chi connectivity index (χ2n) is 4.99. The van der Waals surface area contributed by atoms with Gasteiger partial charge in [-0.2, -0.15) is 0 Å². The van der Waals surface area contributed by atoms with E-state index in [4.69, 9.17) is 4.74 Å². The molecule has 0 aromatic heterocycles. The first-order valence-electron chi connectivity index (χ1n) is 6.84. The highest BCUT2D eigenvalue weighted by Gasteiger charge is 2.22. The summed E-state index contributed by atoms with van der Waals surface area (Å²) >= 11 is 0. The SMILES string of the molecule is COc1cccc(CCC(=O)N2CCNCC2C)c1. The Hall–Kier alpha value is -1.55. The van der Waals surface area contributed by atoms with E-state index in [-0.39, 0.29) is 5.91 Å². The van der Waals surface area contributed by atoms with Crippen LogP contribution in [-0.2, 0) is 11.2 Å². The summed E-state index contributed by atoms with van der Waals surface area (Å²) in [5.41, 5.74) is 1.15. The smallest absolute Gasteiger partial charge is 0.223 e. The number of methoxy groups -OCH3 is 1. The van der Waals surface area contributed by atoms with Gasteiger partial charge in [0.15, 0.2) is 0 Å². The lowest BCUT2D eigenvalue weighted by atomic mass is 10.1. The molecular formula is C15H22N2O2. The zero-order valence-electron chi connectivity index (χ0n) is 11.7. The van der Waals surface area contributed by atoms with Crippen LogP contribution in [0.1, 0.15) is 18.9 Å². The molecule has 1 aromatic rings. The molecule has 1 aliphatic rings. The fourth-order valence-corrected chi connectivity index (χ4v) is 2.43. The van der Waals surface area contributed by atoms with Crippen LogP contribution >= 0.6 is 0 Å². The van der Waals surface area contributed by atoms with Gasteiger partial charge in [-0.25, -0.2) is 0 Å². The molecule has 0 spiro atoms. The maximum absolute atomic E-state index is 12.2. The number of hydrogen-bond donors (Lipinski definition) is 1. The molecule has 2 rings (SSSR count). The van der Waals surface area contributed by atoms with Crippen LogP contribution < -0.4 is 10.1 Å². The van der Waals surface area contributed by atoms with Crippen molar-refractivity contribution >= 4 is 5.91 Å². The highest BCUT2D eigenvalue weighted by Crippen LogP contribution is 2.15. The van der Waals surface area contributed by atoms with Crippen molar-refractivity contribution in [2.45, 2.75) is 25.8 Å². The number of aryl methyl sites for hydroxylation is 1. The van der Waals surface area contributed by atoms with Crippen LogP contribution in [0, 0.1) is 0 Å². The Kier molecular flexibility index (Phi) is 4.80. The molecule has 1 unspecified atom stereocenters. The van der Waals surface area contributed by atoms with Crippen molar-refractivity contribution < 1.29 is 9.53 Å². The fourth-order valence-electron chi connectivity index (χ4n) is 2.43. The molecule has 4 nitrogen and oxygen atoms in total. The van der Waals surface area contributed by atoms with Gasteiger partial charge in [0.1, 0.15) is 5.75 Å². The standard InChI is InChI=1S/C15H22N2O2/c1-12-11-16-8-9-17(12)15(18)7-6-13-4-3-5-14(10-13)19-2/h3-5,10,12,16H,6-9,11H2,1-2H3. The van der Waals surface area contributed by atoms with Crippen molar-refractivity contribution in [2.75, 3.05) is 26.7 Å². The number of amides is 1. The van der Waals surface area contributed by atoms with E-state index in [0.29, 0.717) is 12.5 Å². The zero-order chi connectivity index (χ0) is 13.7. The number of rotatable bonds is 4. The third kappa shape index (κ3) is 3.70. The Morgan fingerprint density at radius 1 is 1.53 bits per heavy atom. The molecule has 19 heavy (non-hydrogen) atoms. The summed E-state index contributed by atoms with van der Waals surface area (Å²) in [6.45, 7) is 4.70. The molecule has 1 saturated heterocycles. The number of nitrogens with zero attached hydrogens (tertiary/aromatic N) is 1. The van der Waals surface area contributed by atoms with Gasteiger partial charge in [0, 0.05) is 32.1 Å². The topological polar surface area (TPSA) is 41.6 Å². The highest BCUT2D eigenvalue weighted by molar-refractivity contribution is 5.77. The number of nitrogens with one attached hydrogen (secondary N) is 1. The summed E-state index contributed by atoms with van der Waals surface area (Å²) in [5, 5.41) is 3.30. The minimum Gasteiger partial charge on any atom is -0.497 e. The van der Waals surface area contributed by atoms with E-state index in [9.17, 15) is 4.79 Å². The zero-order valence-corrected chi connectivity index (χ0v) is 11.7. The maximum atomic E-state index is 12.2. The molecule has 1 N–H and O–H groups in total. The van der Waals surface area contributed by atoms with Gasteiger partial charge < -0.3 is 15.0 Å². The Morgan fingerprint density at radius 3 is 3.11 bits per heavy atom. The highest BCUT2D eigenvalue weighted by atomic mass is 16.5. The van der Waals surface area contributed by atoms with Crippen LogP contribution in [0.15, 0.2) is 24.3 Å². The van der Waals surface area contributed by atoms with Crippen LogP contribution in [0.4, 0.5) is 0 Å². The minimum absolute atomic E-state index is 0.247. The van der Waals surface area contributed by atoms with E-state index in [1.165, 1.54) is 0 Å². The molecule has 1 aliphatic heterocycles. The molecule has 1 heterocycles. The van der Waals surface area contributed by atoms with Gasteiger partial charge in [-0.1, -0.05) is 12.1 Å². The van der Waals surface area contributed by atoms with Crippen LogP contribution in [-0.4, -0.2) is 43.6 Å². The van der Waals surface area contributed by atoms with Gasteiger partial charge in [-0.05, 0) is 31.0 Å². The molecule has 0 aliphatic carbocycles. The monoisotopic (exact) mass is 262 g/mol. The van der Waals surface area contributed by atoms with Gasteiger partial charge in [-0.3, -0.25) is 4.79 Å². The van der Waals surface area contributed by atoms with Crippen molar-refractivity contribution in [1.29, 1.82) is 0 Å². The maximum Gasteiger partial charge on any atom is 0.223 e. The second kappa shape index (κ2) is 6.57. The Labute approximate surface area is 114 Å².